The van der Waals surface area contributed by atoms with Crippen molar-refractivity contribution in [1.82, 2.24) is 4.90 Å². The predicted octanol–water partition coefficient (Wildman–Crippen LogP) is 7.09. The number of aryl methyl sites for hydroxylation is 1. The van der Waals surface area contributed by atoms with E-state index in [0.29, 0.717) is 17.7 Å². The van der Waals surface area contributed by atoms with Crippen LogP contribution < -0.4 is 10.1 Å². The van der Waals surface area contributed by atoms with Gasteiger partial charge in [0.1, 0.15) is 11.5 Å². The molecule has 2 N–H and O–H groups in total. The molecule has 2 aliphatic rings. The van der Waals surface area contributed by atoms with Crippen LogP contribution in [0.3, 0.4) is 0 Å². The van der Waals surface area contributed by atoms with Crippen LogP contribution in [0.1, 0.15) is 72.8 Å². The normalized spacial score (nSPS) is 19.0. The van der Waals surface area contributed by atoms with E-state index in [1.54, 1.807) is 7.11 Å². The third-order valence-electron chi connectivity index (χ3n) is 8.19. The summed E-state index contributed by atoms with van der Waals surface area (Å²) in [7, 11) is 1.73. The monoisotopic (exact) mass is 498 g/mol. The number of fused-ring (bicyclic) bond motifs is 1. The zero-order chi connectivity index (χ0) is 25.6. The summed E-state index contributed by atoms with van der Waals surface area (Å²) in [4.78, 5) is 2.61. The second-order valence-electron chi connectivity index (χ2n) is 11.1. The molecule has 4 heteroatoms. The van der Waals surface area contributed by atoms with Crippen LogP contribution in [-0.2, 0) is 25.8 Å². The Balaban J connectivity index is 1.24. The smallest absolute Gasteiger partial charge is 0.120 e. The lowest BCUT2D eigenvalue weighted by atomic mass is 9.79. The number of hydrogen-bond acceptors (Lipinski definition) is 4. The maximum absolute atomic E-state index is 9.87. The molecule has 2 atom stereocenters. The topological polar surface area (TPSA) is 44.7 Å². The minimum atomic E-state index is 0.301. The highest BCUT2D eigenvalue weighted by atomic mass is 16.5. The van der Waals surface area contributed by atoms with Crippen molar-refractivity contribution >= 4 is 5.69 Å². The highest BCUT2D eigenvalue weighted by Gasteiger charge is 2.23. The number of methoxy groups -OCH3 is 1. The van der Waals surface area contributed by atoms with Gasteiger partial charge in [-0.15, -0.1) is 0 Å². The molecule has 0 spiro atoms. The van der Waals surface area contributed by atoms with Crippen molar-refractivity contribution in [2.75, 3.05) is 25.5 Å². The standard InChI is InChI=1S/C33H42N2O2/c1-24(19-25-7-9-26(10-8-25)23-35-17-5-3-4-6-18-35)34-33-22-31(37-2)15-16-32(33)29-12-11-28-21-30(36)14-13-27(28)20-29/h7-10,13-16,21-22,24,29,34,36H,3-6,11-12,17-20,23H2,1-2H3. The molecule has 0 amide bonds. The third-order valence-corrected chi connectivity index (χ3v) is 8.19. The second-order valence-corrected chi connectivity index (χ2v) is 11.1. The van der Waals surface area contributed by atoms with Crippen LogP contribution in [-0.4, -0.2) is 36.2 Å². The van der Waals surface area contributed by atoms with Crippen molar-refractivity contribution in [3.8, 4) is 11.5 Å². The molecule has 2 unspecified atom stereocenters. The summed E-state index contributed by atoms with van der Waals surface area (Å²) in [5.74, 6) is 1.71. The fourth-order valence-corrected chi connectivity index (χ4v) is 6.15. The Morgan fingerprint density at radius 2 is 1.68 bits per heavy atom. The molecular formula is C33H42N2O2. The number of nitrogens with zero attached hydrogens (tertiary/aromatic N) is 1. The van der Waals surface area contributed by atoms with Gasteiger partial charge >= 0.3 is 0 Å². The quantitative estimate of drug-likeness (QED) is 0.348. The fraction of sp³-hybridized carbons (Fsp3) is 0.455. The van der Waals surface area contributed by atoms with Crippen molar-refractivity contribution in [3.05, 3.63) is 88.5 Å². The molecule has 0 bridgehead atoms. The lowest BCUT2D eigenvalue weighted by molar-refractivity contribution is 0.277. The molecule has 0 radical (unpaired) electrons. The van der Waals surface area contributed by atoms with Gasteiger partial charge in [-0.05, 0) is 110 Å². The van der Waals surface area contributed by atoms with Gasteiger partial charge in [0.05, 0.1) is 7.11 Å². The third kappa shape index (κ3) is 6.67. The van der Waals surface area contributed by atoms with E-state index in [4.69, 9.17) is 4.74 Å². The predicted molar refractivity (Wildman–Crippen MR) is 153 cm³/mol. The van der Waals surface area contributed by atoms with Gasteiger partial charge < -0.3 is 15.2 Å². The number of aromatic hydroxyl groups is 1. The van der Waals surface area contributed by atoms with E-state index in [0.717, 1.165) is 38.0 Å². The van der Waals surface area contributed by atoms with Gasteiger partial charge in [-0.1, -0.05) is 49.2 Å². The lowest BCUT2D eigenvalue weighted by Crippen LogP contribution is -2.24. The van der Waals surface area contributed by atoms with E-state index >= 15 is 0 Å². The SMILES string of the molecule is COc1ccc(C2CCc3cc(O)ccc3C2)c(NC(C)Cc2ccc(CN3CCCCCC3)cc2)c1. The summed E-state index contributed by atoms with van der Waals surface area (Å²) in [6, 6.07) is 21.9. The zero-order valence-corrected chi connectivity index (χ0v) is 22.5. The molecule has 37 heavy (non-hydrogen) atoms. The van der Waals surface area contributed by atoms with Crippen LogP contribution in [0.25, 0.3) is 0 Å². The molecule has 5 rings (SSSR count). The highest BCUT2D eigenvalue weighted by Crippen LogP contribution is 2.38. The summed E-state index contributed by atoms with van der Waals surface area (Å²) in [6.45, 7) is 5.82. The van der Waals surface area contributed by atoms with Crippen molar-refractivity contribution < 1.29 is 9.84 Å². The van der Waals surface area contributed by atoms with E-state index in [9.17, 15) is 5.11 Å². The minimum absolute atomic E-state index is 0.301. The fourth-order valence-electron chi connectivity index (χ4n) is 6.15. The number of ether oxygens (including phenoxy) is 1. The number of phenols is 1. The Labute approximate surface area is 222 Å². The first-order chi connectivity index (χ1) is 18.1. The molecule has 4 nitrogen and oxygen atoms in total. The van der Waals surface area contributed by atoms with E-state index in [2.05, 4.69) is 65.7 Å². The molecule has 196 valence electrons. The molecule has 1 aliphatic carbocycles. The summed E-state index contributed by atoms with van der Waals surface area (Å²) in [6.07, 6.45) is 9.51. The molecule has 0 aromatic heterocycles. The maximum Gasteiger partial charge on any atom is 0.120 e. The number of hydrogen-bond donors (Lipinski definition) is 2. The molecular weight excluding hydrogens is 456 g/mol. The maximum atomic E-state index is 9.87. The average Bonchev–Trinajstić information content (AvgIpc) is 3.18. The molecule has 0 saturated carbocycles. The van der Waals surface area contributed by atoms with Gasteiger partial charge in [0.2, 0.25) is 0 Å². The minimum Gasteiger partial charge on any atom is -0.508 e. The van der Waals surface area contributed by atoms with Crippen molar-refractivity contribution in [2.24, 2.45) is 0 Å². The summed E-state index contributed by atoms with van der Waals surface area (Å²) in [5.41, 5.74) is 7.97. The molecule has 1 saturated heterocycles. The van der Waals surface area contributed by atoms with Crippen LogP contribution in [0.2, 0.25) is 0 Å². The van der Waals surface area contributed by atoms with Crippen molar-refractivity contribution in [3.63, 3.8) is 0 Å². The van der Waals surface area contributed by atoms with Crippen LogP contribution in [0.5, 0.6) is 11.5 Å². The Morgan fingerprint density at radius 3 is 2.43 bits per heavy atom. The van der Waals surface area contributed by atoms with E-state index < -0.39 is 0 Å². The Bertz CT molecular complexity index is 1170. The summed E-state index contributed by atoms with van der Waals surface area (Å²) in [5, 5.41) is 13.7. The molecule has 3 aromatic carbocycles. The number of nitrogens with one attached hydrogen (secondary N) is 1. The number of benzene rings is 3. The lowest BCUT2D eigenvalue weighted by Gasteiger charge is -2.28. The van der Waals surface area contributed by atoms with Gasteiger partial charge in [0.25, 0.3) is 0 Å². The van der Waals surface area contributed by atoms with Gasteiger partial charge in [-0.3, -0.25) is 4.90 Å². The number of likely N-dealkylation sites (tertiary alicyclic amines) is 1. The van der Waals surface area contributed by atoms with Crippen molar-refractivity contribution in [2.45, 2.75) is 76.8 Å². The van der Waals surface area contributed by atoms with Crippen LogP contribution in [0.15, 0.2) is 60.7 Å². The van der Waals surface area contributed by atoms with Gasteiger partial charge in [0, 0.05) is 24.3 Å². The molecule has 1 heterocycles. The largest absolute Gasteiger partial charge is 0.508 e. The number of phenolic OH excluding ortho intramolecular Hbond substituents is 1. The van der Waals surface area contributed by atoms with Gasteiger partial charge in [-0.25, -0.2) is 0 Å². The average molecular weight is 499 g/mol. The summed E-state index contributed by atoms with van der Waals surface area (Å²) >= 11 is 0. The number of anilines is 1. The van der Waals surface area contributed by atoms with Crippen LogP contribution in [0.4, 0.5) is 5.69 Å². The Morgan fingerprint density at radius 1 is 0.919 bits per heavy atom. The number of rotatable bonds is 8. The first-order valence-electron chi connectivity index (χ1n) is 14.1. The van der Waals surface area contributed by atoms with Crippen LogP contribution >= 0.6 is 0 Å². The Hall–Kier alpha value is -2.98. The summed E-state index contributed by atoms with van der Waals surface area (Å²) < 4.78 is 5.58. The van der Waals surface area contributed by atoms with Gasteiger partial charge in [-0.2, -0.15) is 0 Å². The van der Waals surface area contributed by atoms with Gasteiger partial charge in [0.15, 0.2) is 0 Å². The zero-order valence-electron chi connectivity index (χ0n) is 22.5. The van der Waals surface area contributed by atoms with E-state index in [1.165, 1.54) is 72.3 Å². The first kappa shape index (κ1) is 25.7. The Kier molecular flexibility index (Phi) is 8.35. The highest BCUT2D eigenvalue weighted by molar-refractivity contribution is 5.58. The van der Waals surface area contributed by atoms with Crippen molar-refractivity contribution in [1.29, 1.82) is 0 Å². The van der Waals surface area contributed by atoms with E-state index in [-0.39, 0.29) is 0 Å². The van der Waals surface area contributed by atoms with E-state index in [1.807, 2.05) is 12.1 Å². The van der Waals surface area contributed by atoms with Crippen LogP contribution in [0, 0.1) is 0 Å². The molecule has 1 fully saturated rings. The second kappa shape index (κ2) is 12.0. The first-order valence-corrected chi connectivity index (χ1v) is 14.1. The molecule has 1 aliphatic heterocycles. The molecule has 3 aromatic rings.